The number of primary amides is 1. The first-order chi connectivity index (χ1) is 8.65. The average molecular weight is 253 g/mol. The van der Waals surface area contributed by atoms with E-state index in [1.165, 1.54) is 51.9 Å². The number of carbonyl (C=O) groups is 1. The van der Waals surface area contributed by atoms with Gasteiger partial charge in [-0.3, -0.25) is 9.69 Å². The van der Waals surface area contributed by atoms with Crippen molar-refractivity contribution in [1.29, 1.82) is 0 Å². The van der Waals surface area contributed by atoms with E-state index in [9.17, 15) is 4.79 Å². The highest BCUT2D eigenvalue weighted by molar-refractivity contribution is 5.73. The summed E-state index contributed by atoms with van der Waals surface area (Å²) in [5.41, 5.74) is 5.25. The molecule has 1 amide bonds. The Morgan fingerprint density at radius 1 is 1.22 bits per heavy atom. The number of rotatable bonds is 4. The SMILES string of the molecule is CN1CCN([C@@H]2CCC[C@@H](CCC(N)=O)C2)CC1. The van der Waals surface area contributed by atoms with Gasteiger partial charge in [0, 0.05) is 38.6 Å². The van der Waals surface area contributed by atoms with Gasteiger partial charge in [0.2, 0.25) is 5.91 Å². The van der Waals surface area contributed by atoms with Gasteiger partial charge in [-0.05, 0) is 32.2 Å². The lowest BCUT2D eigenvalue weighted by molar-refractivity contribution is -0.118. The molecule has 1 saturated heterocycles. The fourth-order valence-corrected chi connectivity index (χ4v) is 3.39. The molecule has 0 aromatic heterocycles. The van der Waals surface area contributed by atoms with E-state index in [0.717, 1.165) is 18.4 Å². The minimum absolute atomic E-state index is 0.142. The fraction of sp³-hybridized carbons (Fsp3) is 0.929. The predicted molar refractivity (Wildman–Crippen MR) is 73.2 cm³/mol. The molecule has 0 radical (unpaired) electrons. The highest BCUT2D eigenvalue weighted by Crippen LogP contribution is 2.31. The third kappa shape index (κ3) is 3.95. The largest absolute Gasteiger partial charge is 0.370 e. The van der Waals surface area contributed by atoms with Gasteiger partial charge in [-0.25, -0.2) is 0 Å². The molecule has 4 heteroatoms. The molecule has 0 aromatic carbocycles. The maximum absolute atomic E-state index is 10.9. The molecule has 2 N–H and O–H groups in total. The Labute approximate surface area is 110 Å². The number of amides is 1. The molecular formula is C14H27N3O. The summed E-state index contributed by atoms with van der Waals surface area (Å²) in [6.45, 7) is 4.82. The number of hydrogen-bond acceptors (Lipinski definition) is 3. The van der Waals surface area contributed by atoms with Crippen molar-refractivity contribution in [2.45, 2.75) is 44.6 Å². The van der Waals surface area contributed by atoms with Crippen LogP contribution in [0.2, 0.25) is 0 Å². The van der Waals surface area contributed by atoms with Crippen LogP contribution in [0.15, 0.2) is 0 Å². The molecule has 1 aliphatic carbocycles. The van der Waals surface area contributed by atoms with Gasteiger partial charge in [-0.15, -0.1) is 0 Å². The van der Waals surface area contributed by atoms with E-state index < -0.39 is 0 Å². The van der Waals surface area contributed by atoms with Crippen molar-refractivity contribution in [3.8, 4) is 0 Å². The molecule has 4 nitrogen and oxygen atoms in total. The van der Waals surface area contributed by atoms with Gasteiger partial charge in [-0.2, -0.15) is 0 Å². The van der Waals surface area contributed by atoms with E-state index >= 15 is 0 Å². The molecule has 0 aromatic rings. The first-order valence-corrected chi connectivity index (χ1v) is 7.36. The van der Waals surface area contributed by atoms with Crippen LogP contribution in [-0.2, 0) is 4.79 Å². The summed E-state index contributed by atoms with van der Waals surface area (Å²) in [5.74, 6) is 0.577. The third-order valence-electron chi connectivity index (χ3n) is 4.61. The smallest absolute Gasteiger partial charge is 0.217 e. The van der Waals surface area contributed by atoms with Crippen LogP contribution in [0.5, 0.6) is 0 Å². The average Bonchev–Trinajstić information content (AvgIpc) is 2.37. The van der Waals surface area contributed by atoms with Gasteiger partial charge in [0.1, 0.15) is 0 Å². The Morgan fingerprint density at radius 2 is 1.94 bits per heavy atom. The highest BCUT2D eigenvalue weighted by Gasteiger charge is 2.28. The Morgan fingerprint density at radius 3 is 2.61 bits per heavy atom. The van der Waals surface area contributed by atoms with Crippen LogP contribution in [0.3, 0.4) is 0 Å². The second kappa shape index (κ2) is 6.53. The number of nitrogens with zero attached hydrogens (tertiary/aromatic N) is 2. The summed E-state index contributed by atoms with van der Waals surface area (Å²) < 4.78 is 0. The van der Waals surface area contributed by atoms with Crippen molar-refractivity contribution in [1.82, 2.24) is 9.80 Å². The Hall–Kier alpha value is -0.610. The van der Waals surface area contributed by atoms with Gasteiger partial charge in [-0.1, -0.05) is 12.8 Å². The monoisotopic (exact) mass is 253 g/mol. The highest BCUT2D eigenvalue weighted by atomic mass is 16.1. The molecule has 2 aliphatic rings. The number of likely N-dealkylation sites (N-methyl/N-ethyl adjacent to an activating group) is 1. The van der Waals surface area contributed by atoms with Crippen molar-refractivity contribution in [2.75, 3.05) is 33.2 Å². The number of nitrogens with two attached hydrogens (primary N) is 1. The first kappa shape index (κ1) is 13.8. The van der Waals surface area contributed by atoms with Crippen LogP contribution < -0.4 is 5.73 Å². The summed E-state index contributed by atoms with van der Waals surface area (Å²) in [7, 11) is 2.20. The molecule has 2 fully saturated rings. The number of hydrogen-bond donors (Lipinski definition) is 1. The summed E-state index contributed by atoms with van der Waals surface area (Å²) in [6.07, 6.45) is 6.80. The van der Waals surface area contributed by atoms with E-state index in [0.29, 0.717) is 6.42 Å². The molecule has 0 bridgehead atoms. The van der Waals surface area contributed by atoms with Crippen molar-refractivity contribution >= 4 is 5.91 Å². The molecule has 1 heterocycles. The second-order valence-electron chi connectivity index (χ2n) is 6.03. The molecule has 18 heavy (non-hydrogen) atoms. The van der Waals surface area contributed by atoms with Crippen molar-refractivity contribution in [3.05, 3.63) is 0 Å². The van der Waals surface area contributed by atoms with E-state index in [4.69, 9.17) is 5.73 Å². The maximum atomic E-state index is 10.9. The normalized spacial score (nSPS) is 31.4. The zero-order valence-electron chi connectivity index (χ0n) is 11.6. The van der Waals surface area contributed by atoms with Gasteiger partial charge in [0.05, 0.1) is 0 Å². The standard InChI is InChI=1S/C14H27N3O/c1-16-7-9-17(10-8-16)13-4-2-3-12(11-13)5-6-14(15)18/h12-13H,2-11H2,1H3,(H2,15,18)/t12-,13+/m0/s1. The molecular weight excluding hydrogens is 226 g/mol. The van der Waals surface area contributed by atoms with Crippen molar-refractivity contribution < 1.29 is 4.79 Å². The fourth-order valence-electron chi connectivity index (χ4n) is 3.39. The summed E-state index contributed by atoms with van der Waals surface area (Å²) >= 11 is 0. The Kier molecular flexibility index (Phi) is 5.01. The van der Waals surface area contributed by atoms with E-state index in [1.807, 2.05) is 0 Å². The van der Waals surface area contributed by atoms with Crippen LogP contribution in [0.4, 0.5) is 0 Å². The van der Waals surface area contributed by atoms with E-state index in [-0.39, 0.29) is 5.91 Å². The lowest BCUT2D eigenvalue weighted by Gasteiger charge is -2.41. The number of piperazine rings is 1. The third-order valence-corrected chi connectivity index (χ3v) is 4.61. The minimum Gasteiger partial charge on any atom is -0.370 e. The summed E-state index contributed by atoms with van der Waals surface area (Å²) in [4.78, 5) is 15.9. The summed E-state index contributed by atoms with van der Waals surface area (Å²) in [5, 5.41) is 0. The number of carbonyl (C=O) groups excluding carboxylic acids is 1. The van der Waals surface area contributed by atoms with Crippen LogP contribution in [0.1, 0.15) is 38.5 Å². The second-order valence-corrected chi connectivity index (χ2v) is 6.03. The topological polar surface area (TPSA) is 49.6 Å². The predicted octanol–water partition coefficient (Wildman–Crippen LogP) is 1.06. The van der Waals surface area contributed by atoms with Crippen molar-refractivity contribution in [3.63, 3.8) is 0 Å². The van der Waals surface area contributed by atoms with Gasteiger partial charge in [0.15, 0.2) is 0 Å². The maximum Gasteiger partial charge on any atom is 0.217 e. The van der Waals surface area contributed by atoms with E-state index in [2.05, 4.69) is 16.8 Å². The molecule has 0 spiro atoms. The zero-order chi connectivity index (χ0) is 13.0. The Balaban J connectivity index is 1.77. The Bertz CT molecular complexity index is 274. The first-order valence-electron chi connectivity index (χ1n) is 7.36. The van der Waals surface area contributed by atoms with Crippen LogP contribution in [-0.4, -0.2) is 55.0 Å². The van der Waals surface area contributed by atoms with E-state index in [1.54, 1.807) is 0 Å². The molecule has 104 valence electrons. The molecule has 1 aliphatic heterocycles. The molecule has 1 saturated carbocycles. The van der Waals surface area contributed by atoms with Gasteiger partial charge >= 0.3 is 0 Å². The minimum atomic E-state index is -0.142. The van der Waals surface area contributed by atoms with Crippen LogP contribution >= 0.6 is 0 Å². The molecule has 2 rings (SSSR count). The van der Waals surface area contributed by atoms with Crippen LogP contribution in [0.25, 0.3) is 0 Å². The quantitative estimate of drug-likeness (QED) is 0.815. The van der Waals surface area contributed by atoms with Gasteiger partial charge < -0.3 is 10.6 Å². The lowest BCUT2D eigenvalue weighted by Crippen LogP contribution is -2.50. The molecule has 2 atom stereocenters. The van der Waals surface area contributed by atoms with Gasteiger partial charge in [0.25, 0.3) is 0 Å². The molecule has 0 unspecified atom stereocenters. The lowest BCUT2D eigenvalue weighted by atomic mass is 9.82. The zero-order valence-corrected chi connectivity index (χ0v) is 11.6. The van der Waals surface area contributed by atoms with Crippen LogP contribution in [0, 0.1) is 5.92 Å². The summed E-state index contributed by atoms with van der Waals surface area (Å²) in [6, 6.07) is 0.755. The van der Waals surface area contributed by atoms with Crippen molar-refractivity contribution in [2.24, 2.45) is 11.7 Å².